The van der Waals surface area contributed by atoms with Crippen LogP contribution in [0.4, 0.5) is 0 Å². The van der Waals surface area contributed by atoms with Crippen LogP contribution in [0.1, 0.15) is 33.1 Å². The van der Waals surface area contributed by atoms with E-state index in [-0.39, 0.29) is 5.41 Å². The van der Waals surface area contributed by atoms with Crippen molar-refractivity contribution in [2.45, 2.75) is 33.1 Å². The fraction of sp³-hybridized carbons (Fsp3) is 0.727. The van der Waals surface area contributed by atoms with Crippen LogP contribution in [0.5, 0.6) is 0 Å². The predicted octanol–water partition coefficient (Wildman–Crippen LogP) is 3.06. The molecule has 0 amide bonds. The normalized spacial score (nSPS) is 20.8. The molecule has 0 saturated carbocycles. The third-order valence-electron chi connectivity index (χ3n) is 2.66. The summed E-state index contributed by atoms with van der Waals surface area (Å²) in [5, 5.41) is 0. The molecule has 2 heteroatoms. The molecule has 0 unspecified atom stereocenters. The topological polar surface area (TPSA) is 17.1 Å². The van der Waals surface area contributed by atoms with Crippen LogP contribution in [0.25, 0.3) is 0 Å². The summed E-state index contributed by atoms with van der Waals surface area (Å²) in [5.74, 6) is 2.30. The van der Waals surface area contributed by atoms with Crippen molar-refractivity contribution in [2.75, 3.05) is 11.5 Å². The molecule has 74 valence electrons. The third kappa shape index (κ3) is 3.18. The molecule has 1 heterocycles. The SMILES string of the molecule is CC(C)=CCC1(C=O)CCSCC1. The largest absolute Gasteiger partial charge is 0.303 e. The second-order valence-corrected chi connectivity index (χ2v) is 5.30. The summed E-state index contributed by atoms with van der Waals surface area (Å²) in [6.45, 7) is 4.19. The molecule has 1 aliphatic heterocycles. The van der Waals surface area contributed by atoms with E-state index in [0.29, 0.717) is 0 Å². The van der Waals surface area contributed by atoms with Crippen LogP contribution < -0.4 is 0 Å². The van der Waals surface area contributed by atoms with Gasteiger partial charge in [0.2, 0.25) is 0 Å². The zero-order valence-corrected chi connectivity index (χ0v) is 9.32. The molecule has 13 heavy (non-hydrogen) atoms. The summed E-state index contributed by atoms with van der Waals surface area (Å²) >= 11 is 1.97. The number of aldehydes is 1. The molecule has 0 aliphatic carbocycles. The van der Waals surface area contributed by atoms with Crippen molar-refractivity contribution in [3.05, 3.63) is 11.6 Å². The van der Waals surface area contributed by atoms with Crippen molar-refractivity contribution in [3.63, 3.8) is 0 Å². The second-order valence-electron chi connectivity index (χ2n) is 4.08. The number of rotatable bonds is 3. The number of carbonyl (C=O) groups is 1. The van der Waals surface area contributed by atoms with Gasteiger partial charge in [-0.2, -0.15) is 11.8 Å². The van der Waals surface area contributed by atoms with E-state index in [0.717, 1.165) is 30.8 Å². The molecule has 0 atom stereocenters. The maximum absolute atomic E-state index is 11.1. The molecule has 1 aliphatic rings. The van der Waals surface area contributed by atoms with Crippen molar-refractivity contribution in [1.29, 1.82) is 0 Å². The lowest BCUT2D eigenvalue weighted by Gasteiger charge is -2.30. The molecule has 0 bridgehead atoms. The summed E-state index contributed by atoms with van der Waals surface area (Å²) in [5.41, 5.74) is 1.29. The first-order valence-corrected chi connectivity index (χ1v) is 6.01. The lowest BCUT2D eigenvalue weighted by Crippen LogP contribution is -2.27. The van der Waals surface area contributed by atoms with E-state index in [9.17, 15) is 4.79 Å². The number of carbonyl (C=O) groups excluding carboxylic acids is 1. The van der Waals surface area contributed by atoms with Gasteiger partial charge in [-0.05, 0) is 44.6 Å². The Morgan fingerprint density at radius 2 is 2.00 bits per heavy atom. The summed E-state index contributed by atoms with van der Waals surface area (Å²) in [6, 6.07) is 0. The van der Waals surface area contributed by atoms with Gasteiger partial charge in [0.1, 0.15) is 6.29 Å². The zero-order valence-electron chi connectivity index (χ0n) is 8.51. The molecule has 0 aromatic rings. The number of hydrogen-bond donors (Lipinski definition) is 0. The van der Waals surface area contributed by atoms with Crippen LogP contribution in [-0.4, -0.2) is 17.8 Å². The number of hydrogen-bond acceptors (Lipinski definition) is 2. The van der Waals surface area contributed by atoms with Crippen LogP contribution in [0.15, 0.2) is 11.6 Å². The van der Waals surface area contributed by atoms with Gasteiger partial charge in [-0.1, -0.05) is 11.6 Å². The molecular formula is C11H18OS. The van der Waals surface area contributed by atoms with E-state index >= 15 is 0 Å². The van der Waals surface area contributed by atoms with Gasteiger partial charge in [0.25, 0.3) is 0 Å². The van der Waals surface area contributed by atoms with Crippen molar-refractivity contribution >= 4 is 18.0 Å². The van der Waals surface area contributed by atoms with E-state index < -0.39 is 0 Å². The Hall–Kier alpha value is -0.240. The van der Waals surface area contributed by atoms with Gasteiger partial charge in [-0.3, -0.25) is 0 Å². The average Bonchev–Trinajstić information content (AvgIpc) is 2.16. The Bertz CT molecular complexity index is 198. The monoisotopic (exact) mass is 198 g/mol. The molecule has 1 fully saturated rings. The van der Waals surface area contributed by atoms with Crippen molar-refractivity contribution in [2.24, 2.45) is 5.41 Å². The van der Waals surface area contributed by atoms with Gasteiger partial charge >= 0.3 is 0 Å². The van der Waals surface area contributed by atoms with Crippen LogP contribution in [0, 0.1) is 5.41 Å². The lowest BCUT2D eigenvalue weighted by molar-refractivity contribution is -0.116. The fourth-order valence-electron chi connectivity index (χ4n) is 1.56. The highest BCUT2D eigenvalue weighted by Gasteiger charge is 2.30. The average molecular weight is 198 g/mol. The Kier molecular flexibility index (Phi) is 4.04. The summed E-state index contributed by atoms with van der Waals surface area (Å²) in [4.78, 5) is 11.1. The maximum atomic E-state index is 11.1. The van der Waals surface area contributed by atoms with Gasteiger partial charge < -0.3 is 4.79 Å². The van der Waals surface area contributed by atoms with Gasteiger partial charge in [-0.25, -0.2) is 0 Å². The summed E-state index contributed by atoms with van der Waals surface area (Å²) in [7, 11) is 0. The first-order valence-electron chi connectivity index (χ1n) is 4.86. The lowest BCUT2D eigenvalue weighted by atomic mass is 9.80. The molecule has 1 rings (SSSR count). The first kappa shape index (κ1) is 10.8. The van der Waals surface area contributed by atoms with Gasteiger partial charge in [0.05, 0.1) is 0 Å². The molecule has 0 aromatic heterocycles. The minimum Gasteiger partial charge on any atom is -0.303 e. The predicted molar refractivity (Wildman–Crippen MR) is 59.1 cm³/mol. The molecule has 1 saturated heterocycles. The van der Waals surface area contributed by atoms with Gasteiger partial charge in [0.15, 0.2) is 0 Å². The molecule has 0 aromatic carbocycles. The van der Waals surface area contributed by atoms with Crippen molar-refractivity contribution in [3.8, 4) is 0 Å². The zero-order chi connectivity index (χ0) is 9.73. The van der Waals surface area contributed by atoms with Gasteiger partial charge in [0, 0.05) is 5.41 Å². The molecule has 1 nitrogen and oxygen atoms in total. The third-order valence-corrected chi connectivity index (χ3v) is 3.64. The van der Waals surface area contributed by atoms with E-state index in [1.54, 1.807) is 0 Å². The number of allylic oxidation sites excluding steroid dienone is 2. The Morgan fingerprint density at radius 1 is 1.38 bits per heavy atom. The highest BCUT2D eigenvalue weighted by Crippen LogP contribution is 2.36. The minimum atomic E-state index is -0.0253. The molecular weight excluding hydrogens is 180 g/mol. The second kappa shape index (κ2) is 4.85. The molecule has 0 spiro atoms. The smallest absolute Gasteiger partial charge is 0.126 e. The minimum absolute atomic E-state index is 0.0253. The highest BCUT2D eigenvalue weighted by molar-refractivity contribution is 7.99. The number of thioether (sulfide) groups is 1. The van der Waals surface area contributed by atoms with E-state index in [2.05, 4.69) is 19.9 Å². The van der Waals surface area contributed by atoms with Gasteiger partial charge in [-0.15, -0.1) is 0 Å². The molecule has 0 N–H and O–H groups in total. The van der Waals surface area contributed by atoms with Crippen LogP contribution >= 0.6 is 11.8 Å². The van der Waals surface area contributed by atoms with E-state index in [1.165, 1.54) is 11.9 Å². The highest BCUT2D eigenvalue weighted by atomic mass is 32.2. The van der Waals surface area contributed by atoms with Crippen molar-refractivity contribution < 1.29 is 4.79 Å². The standard InChI is InChI=1S/C11H18OS/c1-10(2)3-4-11(9-12)5-7-13-8-6-11/h3,9H,4-8H2,1-2H3. The first-order chi connectivity index (χ1) is 6.18. The quantitative estimate of drug-likeness (QED) is 0.512. The Balaban J connectivity index is 2.57. The van der Waals surface area contributed by atoms with E-state index in [4.69, 9.17) is 0 Å². The fourth-order valence-corrected chi connectivity index (χ4v) is 2.86. The van der Waals surface area contributed by atoms with Crippen LogP contribution in [0.3, 0.4) is 0 Å². The Morgan fingerprint density at radius 3 is 2.46 bits per heavy atom. The summed E-state index contributed by atoms with van der Waals surface area (Å²) < 4.78 is 0. The van der Waals surface area contributed by atoms with Crippen molar-refractivity contribution in [1.82, 2.24) is 0 Å². The summed E-state index contributed by atoms with van der Waals surface area (Å²) in [6.07, 6.45) is 6.45. The van der Waals surface area contributed by atoms with E-state index in [1.807, 2.05) is 11.8 Å². The van der Waals surface area contributed by atoms with Crippen LogP contribution in [0.2, 0.25) is 0 Å². The Labute approximate surface area is 85.0 Å². The maximum Gasteiger partial charge on any atom is 0.126 e. The molecule has 0 radical (unpaired) electrons. The van der Waals surface area contributed by atoms with Crippen LogP contribution in [-0.2, 0) is 4.79 Å².